The zero-order valence-corrected chi connectivity index (χ0v) is 26.6. The summed E-state index contributed by atoms with van der Waals surface area (Å²) in [5.74, 6) is 5.62. The molecule has 2 aliphatic heterocycles. The molecule has 6 atom stereocenters. The Balaban J connectivity index is 1.18. The smallest absolute Gasteiger partial charge is 0.182 e. The molecule has 4 saturated carbocycles. The highest BCUT2D eigenvalue weighted by Crippen LogP contribution is 2.55. The van der Waals surface area contributed by atoms with E-state index in [4.69, 9.17) is 0 Å². The minimum Gasteiger partial charge on any atom is -0.374 e. The van der Waals surface area contributed by atoms with E-state index in [9.17, 15) is 0 Å². The molecule has 0 aromatic carbocycles. The van der Waals surface area contributed by atoms with Crippen molar-refractivity contribution in [2.45, 2.75) is 143 Å². The number of nitrogens with zero attached hydrogens (tertiary/aromatic N) is 2. The highest BCUT2D eigenvalue weighted by molar-refractivity contribution is 5.96. The van der Waals surface area contributed by atoms with E-state index in [1.807, 2.05) is 0 Å². The Kier molecular flexibility index (Phi) is 7.91. The molecule has 39 heavy (non-hydrogen) atoms. The van der Waals surface area contributed by atoms with Crippen LogP contribution in [0.25, 0.3) is 0 Å². The summed E-state index contributed by atoms with van der Waals surface area (Å²) in [6.45, 7) is 10.2. The van der Waals surface area contributed by atoms with E-state index in [-0.39, 0.29) is 10.8 Å². The zero-order valence-electron chi connectivity index (χ0n) is 26.6. The van der Waals surface area contributed by atoms with Crippen molar-refractivity contribution in [3.05, 3.63) is 23.9 Å². The van der Waals surface area contributed by atoms with Gasteiger partial charge in [-0.25, -0.2) is 4.58 Å². The van der Waals surface area contributed by atoms with Crippen LogP contribution in [0.2, 0.25) is 0 Å². The standard InChI is InChI=1S/C37H61N2/c1-36(2)30-22-20-28(26-14-9-7-10-15-26)24-32(30)38(5)34(36)18-13-19-35-37(3,4)31-23-21-29(25-33(31)39(35)6)27-16-11-8-12-17-27/h13,18-19,26-33H,7-12,14-17,20-25H2,1-6H3/q+1. The van der Waals surface area contributed by atoms with Crippen LogP contribution < -0.4 is 0 Å². The van der Waals surface area contributed by atoms with Gasteiger partial charge in [0.15, 0.2) is 11.8 Å². The topological polar surface area (TPSA) is 6.25 Å². The largest absolute Gasteiger partial charge is 0.374 e. The first-order valence-electron chi connectivity index (χ1n) is 17.4. The summed E-state index contributed by atoms with van der Waals surface area (Å²) in [5, 5.41) is 0. The number of likely N-dealkylation sites (tertiary alicyclic amines) is 1. The van der Waals surface area contributed by atoms with Crippen LogP contribution in [0.4, 0.5) is 0 Å². The number of allylic oxidation sites excluding steroid dienone is 4. The molecule has 0 N–H and O–H groups in total. The number of fused-ring (bicyclic) bond motifs is 2. The van der Waals surface area contributed by atoms with Crippen molar-refractivity contribution in [1.29, 1.82) is 0 Å². The van der Waals surface area contributed by atoms with E-state index in [0.717, 1.165) is 47.6 Å². The van der Waals surface area contributed by atoms with E-state index in [1.165, 1.54) is 103 Å². The molecular formula is C37H61N2+. The molecule has 2 heterocycles. The lowest BCUT2D eigenvalue weighted by molar-refractivity contribution is -0.540. The van der Waals surface area contributed by atoms with Crippen molar-refractivity contribution in [2.24, 2.45) is 46.3 Å². The highest BCUT2D eigenvalue weighted by atomic mass is 15.2. The van der Waals surface area contributed by atoms with Gasteiger partial charge in [0.05, 0.1) is 5.41 Å². The van der Waals surface area contributed by atoms with Crippen molar-refractivity contribution in [2.75, 3.05) is 14.1 Å². The van der Waals surface area contributed by atoms with Gasteiger partial charge in [0.2, 0.25) is 0 Å². The molecule has 6 rings (SSSR count). The van der Waals surface area contributed by atoms with E-state index in [0.29, 0.717) is 0 Å². The van der Waals surface area contributed by atoms with Gasteiger partial charge in [0, 0.05) is 42.6 Å². The monoisotopic (exact) mass is 533 g/mol. The summed E-state index contributed by atoms with van der Waals surface area (Å²) >= 11 is 0. The first-order chi connectivity index (χ1) is 18.7. The third-order valence-corrected chi connectivity index (χ3v) is 13.8. The lowest BCUT2D eigenvalue weighted by Gasteiger charge is -2.41. The van der Waals surface area contributed by atoms with Crippen LogP contribution in [0, 0.1) is 46.3 Å². The molecule has 0 amide bonds. The van der Waals surface area contributed by atoms with Gasteiger partial charge in [-0.1, -0.05) is 84.1 Å². The fourth-order valence-corrected chi connectivity index (χ4v) is 11.5. The maximum Gasteiger partial charge on any atom is 0.182 e. The van der Waals surface area contributed by atoms with Gasteiger partial charge in [-0.2, -0.15) is 0 Å². The maximum absolute atomic E-state index is 2.73. The summed E-state index contributed by atoms with van der Waals surface area (Å²) in [7, 11) is 4.85. The lowest BCUT2D eigenvalue weighted by Crippen LogP contribution is -2.39. The molecule has 2 nitrogen and oxygen atoms in total. The van der Waals surface area contributed by atoms with Crippen LogP contribution >= 0.6 is 0 Å². The van der Waals surface area contributed by atoms with Crippen LogP contribution in [0.15, 0.2) is 23.9 Å². The van der Waals surface area contributed by atoms with Gasteiger partial charge in [0.25, 0.3) is 0 Å². The average molecular weight is 534 g/mol. The van der Waals surface area contributed by atoms with Gasteiger partial charge in [-0.05, 0) is 81.6 Å². The van der Waals surface area contributed by atoms with Gasteiger partial charge >= 0.3 is 0 Å². The second-order valence-electron chi connectivity index (χ2n) is 16.3. The molecule has 0 radical (unpaired) electrons. The Labute approximate surface area is 241 Å². The molecule has 4 aliphatic carbocycles. The van der Waals surface area contributed by atoms with Crippen molar-refractivity contribution in [3.8, 4) is 0 Å². The Hall–Kier alpha value is -1.05. The first kappa shape index (κ1) is 28.1. The second kappa shape index (κ2) is 11.0. The van der Waals surface area contributed by atoms with Crippen molar-refractivity contribution >= 4 is 5.71 Å². The van der Waals surface area contributed by atoms with Crippen LogP contribution in [-0.2, 0) is 0 Å². The number of hydrogen-bond acceptors (Lipinski definition) is 1. The second-order valence-corrected chi connectivity index (χ2v) is 16.3. The van der Waals surface area contributed by atoms with Crippen LogP contribution in [-0.4, -0.2) is 41.4 Å². The molecular weight excluding hydrogens is 472 g/mol. The van der Waals surface area contributed by atoms with E-state index in [1.54, 1.807) is 11.4 Å². The summed E-state index contributed by atoms with van der Waals surface area (Å²) in [4.78, 5) is 2.73. The van der Waals surface area contributed by atoms with Crippen molar-refractivity contribution in [3.63, 3.8) is 0 Å². The predicted molar refractivity (Wildman–Crippen MR) is 166 cm³/mol. The summed E-state index contributed by atoms with van der Waals surface area (Å²) in [5.41, 5.74) is 3.74. The SMILES string of the molecule is CN1C(=CC=CC2=[N+](C)C3CC(C4CCCCC4)CCC3C2(C)C)C(C)(C)C2CCC(C3CCCCC3)CC21. The van der Waals surface area contributed by atoms with Crippen LogP contribution in [0.1, 0.15) is 130 Å². The highest BCUT2D eigenvalue weighted by Gasteiger charge is 2.55. The number of hydrogen-bond donors (Lipinski definition) is 0. The number of rotatable bonds is 4. The van der Waals surface area contributed by atoms with E-state index >= 15 is 0 Å². The molecule has 2 heteroatoms. The normalized spacial score (nSPS) is 40.5. The van der Waals surface area contributed by atoms with Gasteiger partial charge in [0.1, 0.15) is 7.05 Å². The molecule has 1 saturated heterocycles. The van der Waals surface area contributed by atoms with Gasteiger partial charge < -0.3 is 4.90 Å². The third-order valence-electron chi connectivity index (χ3n) is 13.8. The summed E-state index contributed by atoms with van der Waals surface area (Å²) < 4.78 is 2.73. The van der Waals surface area contributed by atoms with Crippen LogP contribution in [0.3, 0.4) is 0 Å². The molecule has 0 aromatic heterocycles. The molecule has 218 valence electrons. The Morgan fingerprint density at radius 1 is 0.667 bits per heavy atom. The summed E-state index contributed by atoms with van der Waals surface area (Å²) in [6, 6.07) is 1.50. The minimum atomic E-state index is 0.282. The summed E-state index contributed by atoms with van der Waals surface area (Å²) in [6.07, 6.45) is 31.1. The zero-order chi connectivity index (χ0) is 27.4. The lowest BCUT2D eigenvalue weighted by atomic mass is 9.63. The molecule has 0 spiro atoms. The molecule has 0 bridgehead atoms. The van der Waals surface area contributed by atoms with E-state index < -0.39 is 0 Å². The van der Waals surface area contributed by atoms with Crippen molar-refractivity contribution in [1.82, 2.24) is 4.90 Å². The molecule has 0 aromatic rings. The predicted octanol–water partition coefficient (Wildman–Crippen LogP) is 9.25. The van der Waals surface area contributed by atoms with Gasteiger partial charge in [-0.3, -0.25) is 0 Å². The average Bonchev–Trinajstić information content (AvgIpc) is 3.27. The fourth-order valence-electron chi connectivity index (χ4n) is 11.5. The Morgan fingerprint density at radius 3 is 1.85 bits per heavy atom. The fraction of sp³-hybridized carbons (Fsp3) is 0.865. The quantitative estimate of drug-likeness (QED) is 0.326. The minimum absolute atomic E-state index is 0.282. The molecule has 6 unspecified atom stereocenters. The van der Waals surface area contributed by atoms with E-state index in [2.05, 4.69) is 69.5 Å². The third kappa shape index (κ3) is 5.01. The van der Waals surface area contributed by atoms with Gasteiger partial charge in [-0.15, -0.1) is 0 Å². The molecule has 5 fully saturated rings. The Bertz CT molecular complexity index is 969. The first-order valence-corrected chi connectivity index (χ1v) is 17.4. The molecule has 6 aliphatic rings. The van der Waals surface area contributed by atoms with Crippen molar-refractivity contribution < 1.29 is 4.58 Å². The maximum atomic E-state index is 2.73. The van der Waals surface area contributed by atoms with Crippen LogP contribution in [0.5, 0.6) is 0 Å². The Morgan fingerprint density at radius 2 is 1.23 bits per heavy atom.